The summed E-state index contributed by atoms with van der Waals surface area (Å²) in [5, 5.41) is 64.0. The third-order valence-corrected chi connectivity index (χ3v) is 9.39. The fourth-order valence-electron chi connectivity index (χ4n) is 6.24. The van der Waals surface area contributed by atoms with Crippen molar-refractivity contribution < 1.29 is 73.6 Å². The Morgan fingerprint density at radius 2 is 1.02 bits per heavy atom. The molecule has 1 aromatic heterocycles. The van der Waals surface area contributed by atoms with Gasteiger partial charge in [0.1, 0.15) is 6.04 Å². The molecule has 0 aromatic carbocycles. The molecule has 2 rings (SSSR count). The highest BCUT2D eigenvalue weighted by Crippen LogP contribution is 2.20. The Labute approximate surface area is 349 Å². The average molecular weight is 858 g/mol. The normalized spacial score (nSPS) is 17.3. The fraction of sp³-hybridized carbons (Fsp3) is 0.711. The number of nitrogens with zero attached hydrogens (tertiary/aromatic N) is 4. The van der Waals surface area contributed by atoms with Gasteiger partial charge < -0.3 is 60.8 Å². The smallest absolute Gasteiger partial charge is 0.323 e. The number of aliphatic hydroxyl groups excluding tert-OH is 6. The van der Waals surface area contributed by atoms with Crippen LogP contribution in [0.4, 0.5) is 0 Å². The maximum absolute atomic E-state index is 13.4. The van der Waals surface area contributed by atoms with Gasteiger partial charge in [0, 0.05) is 105 Å². The van der Waals surface area contributed by atoms with Crippen LogP contribution in [0.25, 0.3) is 0 Å². The number of aliphatic hydroxyl groups is 6. The molecule has 1 aromatic rings. The predicted octanol–water partition coefficient (Wildman–Crippen LogP) is -3.93. The lowest BCUT2D eigenvalue weighted by Crippen LogP contribution is -2.51. The van der Waals surface area contributed by atoms with Crippen molar-refractivity contribution in [2.75, 3.05) is 72.7 Å². The van der Waals surface area contributed by atoms with Gasteiger partial charge in [-0.25, -0.2) is 0 Å². The van der Waals surface area contributed by atoms with Crippen molar-refractivity contribution in [3.63, 3.8) is 0 Å². The zero-order valence-corrected chi connectivity index (χ0v) is 34.6. The Bertz CT molecular complexity index is 1510. The molecule has 2 heterocycles. The highest BCUT2D eigenvalue weighted by atomic mass is 16.6. The minimum absolute atomic E-state index is 0.00889. The Morgan fingerprint density at radius 1 is 0.633 bits per heavy atom. The summed E-state index contributed by atoms with van der Waals surface area (Å²) in [5.41, 5.74) is 1.05. The van der Waals surface area contributed by atoms with Gasteiger partial charge in [-0.15, -0.1) is 0 Å². The molecule has 340 valence electrons. The highest BCUT2D eigenvalue weighted by molar-refractivity contribution is 5.79. The quantitative estimate of drug-likeness (QED) is 0.0354. The number of hydrogen-bond acceptors (Lipinski definition) is 19. The van der Waals surface area contributed by atoms with Gasteiger partial charge in [0.25, 0.3) is 0 Å². The molecule has 9 N–H and O–H groups in total. The van der Waals surface area contributed by atoms with Gasteiger partial charge >= 0.3 is 17.9 Å². The lowest BCUT2D eigenvalue weighted by atomic mass is 10.1. The van der Waals surface area contributed by atoms with Gasteiger partial charge in [-0.05, 0) is 18.6 Å². The molecule has 1 aliphatic rings. The largest absolute Gasteiger partial charge is 0.468 e. The minimum atomic E-state index is -1.18. The first-order valence-corrected chi connectivity index (χ1v) is 19.8. The number of hydrogen-bond donors (Lipinski definition) is 9. The number of fused-ring (bicyclic) bond motifs is 2. The van der Waals surface area contributed by atoms with E-state index in [2.05, 4.69) is 16.0 Å². The summed E-state index contributed by atoms with van der Waals surface area (Å²) >= 11 is 0. The molecule has 6 unspecified atom stereocenters. The van der Waals surface area contributed by atoms with Crippen molar-refractivity contribution in [2.24, 2.45) is 0 Å². The first-order chi connectivity index (χ1) is 28.6. The van der Waals surface area contributed by atoms with E-state index in [-0.39, 0.29) is 97.4 Å². The second-order valence-electron chi connectivity index (χ2n) is 14.3. The minimum Gasteiger partial charge on any atom is -0.468 e. The molecule has 22 heteroatoms. The standard InChI is InChI=1S/C38H63N7O15/c1-25(49)59-36(11-9-34(55)40-18-30(52)23-47)43-13-15-44(32(38(57)58-3)7-8-33(54)39-17-29(51)22-46)20-27-5-4-6-28(42-27)21-45(16-14-43)37(60-26(2)50)12-10-35(56)41-19-31(53)24-48/h4-6,29-32,36-37,46-48,51-53H,7-24H2,1-3H3,(H,39,54)(H,40,55)(H,41,56). The van der Waals surface area contributed by atoms with Crippen LogP contribution in [0.3, 0.4) is 0 Å². The number of ether oxygens (including phenoxy) is 3. The number of methoxy groups -OCH3 is 1. The summed E-state index contributed by atoms with van der Waals surface area (Å²) < 4.78 is 16.6. The molecule has 6 atom stereocenters. The third-order valence-electron chi connectivity index (χ3n) is 9.39. The zero-order valence-electron chi connectivity index (χ0n) is 34.6. The van der Waals surface area contributed by atoms with Crippen LogP contribution in [0.2, 0.25) is 0 Å². The van der Waals surface area contributed by atoms with E-state index in [9.17, 15) is 44.1 Å². The molecule has 2 bridgehead atoms. The monoisotopic (exact) mass is 857 g/mol. The summed E-state index contributed by atoms with van der Waals surface area (Å²) in [6, 6.07) is 4.27. The van der Waals surface area contributed by atoms with Crippen molar-refractivity contribution in [1.82, 2.24) is 35.6 Å². The van der Waals surface area contributed by atoms with E-state index < -0.39 is 92.3 Å². The lowest BCUT2D eigenvalue weighted by Gasteiger charge is -2.38. The van der Waals surface area contributed by atoms with Crippen molar-refractivity contribution in [3.05, 3.63) is 29.6 Å². The first-order valence-electron chi connectivity index (χ1n) is 19.8. The molecule has 22 nitrogen and oxygen atoms in total. The van der Waals surface area contributed by atoms with Gasteiger partial charge in [0.15, 0.2) is 12.5 Å². The molecule has 60 heavy (non-hydrogen) atoms. The van der Waals surface area contributed by atoms with Crippen LogP contribution in [-0.4, -0.2) is 196 Å². The van der Waals surface area contributed by atoms with Crippen LogP contribution in [0, 0.1) is 0 Å². The van der Waals surface area contributed by atoms with Crippen molar-refractivity contribution in [1.29, 1.82) is 0 Å². The van der Waals surface area contributed by atoms with E-state index in [1.807, 2.05) is 0 Å². The Kier molecular flexibility index (Phi) is 24.3. The van der Waals surface area contributed by atoms with E-state index >= 15 is 0 Å². The summed E-state index contributed by atoms with van der Waals surface area (Å²) in [6.45, 7) is 0.809. The SMILES string of the molecule is COC(=O)C(CCC(=O)NCC(O)CO)N1CCN(C(CCC(=O)NCC(O)CO)OC(C)=O)CCN(C(CCC(=O)NCC(O)CO)OC(C)=O)Cc2cccc(n2)C1. The van der Waals surface area contributed by atoms with Crippen LogP contribution in [0.1, 0.15) is 63.8 Å². The molecule has 3 amide bonds. The second-order valence-corrected chi connectivity index (χ2v) is 14.3. The summed E-state index contributed by atoms with van der Waals surface area (Å²) in [4.78, 5) is 86.6. The molecule has 0 spiro atoms. The van der Waals surface area contributed by atoms with E-state index in [0.29, 0.717) is 11.4 Å². The van der Waals surface area contributed by atoms with Gasteiger partial charge in [0.05, 0.1) is 56.6 Å². The number of carbonyl (C=O) groups excluding carboxylic acids is 6. The number of nitrogens with one attached hydrogen (secondary N) is 3. The second kappa shape index (κ2) is 28.2. The average Bonchev–Trinajstić information content (AvgIpc) is 3.22. The molecular formula is C38H63N7O15. The Balaban J connectivity index is 2.57. The van der Waals surface area contributed by atoms with E-state index in [1.54, 1.807) is 32.9 Å². The summed E-state index contributed by atoms with van der Waals surface area (Å²) in [7, 11) is 1.21. The van der Waals surface area contributed by atoms with Crippen molar-refractivity contribution in [2.45, 2.75) is 102 Å². The van der Waals surface area contributed by atoms with E-state index in [1.165, 1.54) is 21.0 Å². The maximum Gasteiger partial charge on any atom is 0.323 e. The third kappa shape index (κ3) is 20.2. The molecule has 0 radical (unpaired) electrons. The summed E-state index contributed by atoms with van der Waals surface area (Å²) in [6.07, 6.45) is -5.91. The molecular weight excluding hydrogens is 794 g/mol. The number of rotatable bonds is 24. The summed E-state index contributed by atoms with van der Waals surface area (Å²) in [5.74, 6) is -3.35. The maximum atomic E-state index is 13.4. The van der Waals surface area contributed by atoms with Crippen LogP contribution in [-0.2, 0) is 56.1 Å². The van der Waals surface area contributed by atoms with Crippen molar-refractivity contribution in [3.8, 4) is 0 Å². The lowest BCUT2D eigenvalue weighted by molar-refractivity contribution is -0.164. The van der Waals surface area contributed by atoms with Crippen LogP contribution in [0.5, 0.6) is 0 Å². The number of aromatic nitrogens is 1. The van der Waals surface area contributed by atoms with Crippen LogP contribution < -0.4 is 16.0 Å². The number of carbonyl (C=O) groups is 6. The molecule has 0 saturated carbocycles. The molecule has 0 fully saturated rings. The van der Waals surface area contributed by atoms with Crippen LogP contribution in [0.15, 0.2) is 18.2 Å². The zero-order chi connectivity index (χ0) is 44.6. The topological polar surface area (TPSA) is 310 Å². The van der Waals surface area contributed by atoms with Gasteiger partial charge in [-0.3, -0.25) is 48.5 Å². The van der Waals surface area contributed by atoms with E-state index in [0.717, 1.165) is 0 Å². The molecule has 1 aliphatic heterocycles. The van der Waals surface area contributed by atoms with Crippen molar-refractivity contribution >= 4 is 35.6 Å². The first kappa shape index (κ1) is 51.8. The Hall–Kier alpha value is -4.39. The molecule has 0 aliphatic carbocycles. The fourth-order valence-corrected chi connectivity index (χ4v) is 6.24. The number of esters is 3. The highest BCUT2D eigenvalue weighted by Gasteiger charge is 2.32. The van der Waals surface area contributed by atoms with Gasteiger partial charge in [-0.1, -0.05) is 6.07 Å². The van der Waals surface area contributed by atoms with Gasteiger partial charge in [0.2, 0.25) is 17.7 Å². The van der Waals surface area contributed by atoms with E-state index in [4.69, 9.17) is 34.5 Å². The van der Waals surface area contributed by atoms with Crippen LogP contribution >= 0.6 is 0 Å². The number of pyridine rings is 1. The van der Waals surface area contributed by atoms with Gasteiger partial charge in [-0.2, -0.15) is 0 Å². The Morgan fingerprint density at radius 3 is 1.43 bits per heavy atom. The molecule has 0 saturated heterocycles. The predicted molar refractivity (Wildman–Crippen MR) is 210 cm³/mol. The number of amides is 3.